The molecule has 0 bridgehead atoms. The van der Waals surface area contributed by atoms with Crippen LogP contribution in [0.15, 0.2) is 22.5 Å². The average Bonchev–Trinajstić information content (AvgIpc) is 3.05. The van der Waals surface area contributed by atoms with Gasteiger partial charge in [0.15, 0.2) is 5.96 Å². The van der Waals surface area contributed by atoms with Crippen molar-refractivity contribution in [2.75, 3.05) is 46.4 Å². The number of aliphatic imine (C=N–C) groups is 1. The smallest absolute Gasteiger partial charge is 0.191 e. The molecule has 2 N–H and O–H groups in total. The van der Waals surface area contributed by atoms with Crippen LogP contribution in [-0.2, 0) is 11.2 Å². The minimum Gasteiger partial charge on any atom is -0.379 e. The van der Waals surface area contributed by atoms with Crippen LogP contribution in [0.2, 0.25) is 0 Å². The minimum atomic E-state index is 0. The van der Waals surface area contributed by atoms with Gasteiger partial charge in [-0.1, -0.05) is 6.07 Å². The van der Waals surface area contributed by atoms with Gasteiger partial charge in [0.25, 0.3) is 0 Å². The first-order chi connectivity index (χ1) is 10.6. The molecular formula is C16H29IN4OS. The fourth-order valence-electron chi connectivity index (χ4n) is 2.56. The van der Waals surface area contributed by atoms with E-state index in [1.54, 1.807) is 11.3 Å². The van der Waals surface area contributed by atoms with Crippen molar-refractivity contribution in [3.8, 4) is 0 Å². The number of guanidine groups is 1. The molecule has 1 aromatic rings. The van der Waals surface area contributed by atoms with Gasteiger partial charge in [-0.3, -0.25) is 9.89 Å². The summed E-state index contributed by atoms with van der Waals surface area (Å²) in [6.07, 6.45) is 1.03. The molecular weight excluding hydrogens is 423 g/mol. The van der Waals surface area contributed by atoms with Crippen molar-refractivity contribution >= 4 is 41.3 Å². The Morgan fingerprint density at radius 2 is 2.09 bits per heavy atom. The van der Waals surface area contributed by atoms with E-state index in [0.717, 1.165) is 51.8 Å². The molecule has 1 aromatic heterocycles. The normalized spacial score (nSPS) is 16.7. The summed E-state index contributed by atoms with van der Waals surface area (Å²) in [6.45, 7) is 9.96. The number of rotatable bonds is 6. The van der Waals surface area contributed by atoms with E-state index in [1.165, 1.54) is 4.88 Å². The highest BCUT2D eigenvalue weighted by molar-refractivity contribution is 14.0. The van der Waals surface area contributed by atoms with Crippen molar-refractivity contribution in [1.29, 1.82) is 0 Å². The third kappa shape index (κ3) is 6.94. The monoisotopic (exact) mass is 452 g/mol. The molecule has 1 fully saturated rings. The third-order valence-electron chi connectivity index (χ3n) is 4.02. The number of hydrogen-bond acceptors (Lipinski definition) is 4. The lowest BCUT2D eigenvalue weighted by molar-refractivity contribution is -0.00833. The molecule has 132 valence electrons. The first kappa shape index (κ1) is 20.7. The van der Waals surface area contributed by atoms with Gasteiger partial charge in [-0.15, -0.1) is 35.3 Å². The van der Waals surface area contributed by atoms with Crippen molar-refractivity contribution < 1.29 is 4.74 Å². The van der Waals surface area contributed by atoms with Crippen LogP contribution >= 0.6 is 35.3 Å². The zero-order valence-corrected chi connectivity index (χ0v) is 17.4. The minimum absolute atomic E-state index is 0. The first-order valence-electron chi connectivity index (χ1n) is 7.91. The van der Waals surface area contributed by atoms with Crippen LogP contribution in [-0.4, -0.2) is 62.8 Å². The van der Waals surface area contributed by atoms with Gasteiger partial charge in [-0.2, -0.15) is 0 Å². The van der Waals surface area contributed by atoms with Crippen LogP contribution in [0.1, 0.15) is 18.7 Å². The molecule has 2 rings (SSSR count). The van der Waals surface area contributed by atoms with Gasteiger partial charge in [0, 0.05) is 43.6 Å². The zero-order valence-electron chi connectivity index (χ0n) is 14.3. The van der Waals surface area contributed by atoms with Crippen LogP contribution < -0.4 is 10.6 Å². The number of nitrogens with one attached hydrogen (secondary N) is 2. The molecule has 0 unspecified atom stereocenters. The molecule has 1 aliphatic heterocycles. The lowest BCUT2D eigenvalue weighted by atomic mass is 10.0. The van der Waals surface area contributed by atoms with Crippen molar-refractivity contribution in [2.24, 2.45) is 4.99 Å². The van der Waals surface area contributed by atoms with E-state index in [4.69, 9.17) is 4.74 Å². The van der Waals surface area contributed by atoms with Crippen LogP contribution in [0.3, 0.4) is 0 Å². The first-order valence-corrected chi connectivity index (χ1v) is 8.79. The fraction of sp³-hybridized carbons (Fsp3) is 0.688. The quantitative estimate of drug-likeness (QED) is 0.395. The predicted octanol–water partition coefficient (Wildman–Crippen LogP) is 2.18. The summed E-state index contributed by atoms with van der Waals surface area (Å²) >= 11 is 1.80. The van der Waals surface area contributed by atoms with E-state index >= 15 is 0 Å². The highest BCUT2D eigenvalue weighted by Gasteiger charge is 2.28. The van der Waals surface area contributed by atoms with Crippen LogP contribution in [0.25, 0.3) is 0 Å². The van der Waals surface area contributed by atoms with Gasteiger partial charge in [0.1, 0.15) is 0 Å². The summed E-state index contributed by atoms with van der Waals surface area (Å²) in [4.78, 5) is 8.18. The SMILES string of the molecule is CN=C(NCCc1cccs1)NCC(C)(C)N1CCOCC1.I. The summed E-state index contributed by atoms with van der Waals surface area (Å²) in [5.74, 6) is 0.873. The average molecular weight is 452 g/mol. The van der Waals surface area contributed by atoms with Crippen molar-refractivity contribution in [2.45, 2.75) is 25.8 Å². The largest absolute Gasteiger partial charge is 0.379 e. The van der Waals surface area contributed by atoms with Gasteiger partial charge >= 0.3 is 0 Å². The standard InChI is InChI=1S/C16H28N4OS.HI/c1-16(2,20-8-10-21-11-9-20)13-19-15(17-3)18-7-6-14-5-4-12-22-14;/h4-5,12H,6-11,13H2,1-3H3,(H2,17,18,19);1H. The summed E-state index contributed by atoms with van der Waals surface area (Å²) in [7, 11) is 1.82. The van der Waals surface area contributed by atoms with Gasteiger partial charge < -0.3 is 15.4 Å². The van der Waals surface area contributed by atoms with Gasteiger partial charge in [0.2, 0.25) is 0 Å². The van der Waals surface area contributed by atoms with Gasteiger partial charge in [-0.05, 0) is 31.7 Å². The summed E-state index contributed by atoms with van der Waals surface area (Å²) < 4.78 is 5.43. The van der Waals surface area contributed by atoms with E-state index in [-0.39, 0.29) is 29.5 Å². The number of nitrogens with zero attached hydrogens (tertiary/aromatic N) is 2. The van der Waals surface area contributed by atoms with Gasteiger partial charge in [-0.25, -0.2) is 0 Å². The number of morpholine rings is 1. The zero-order chi connectivity index (χ0) is 15.8. The number of thiophene rings is 1. The maximum Gasteiger partial charge on any atom is 0.191 e. The second-order valence-electron chi connectivity index (χ2n) is 6.09. The van der Waals surface area contributed by atoms with E-state index in [9.17, 15) is 0 Å². The lowest BCUT2D eigenvalue weighted by Gasteiger charge is -2.41. The Balaban J connectivity index is 0.00000264. The molecule has 1 saturated heterocycles. The van der Waals surface area contributed by atoms with Crippen molar-refractivity contribution in [3.05, 3.63) is 22.4 Å². The molecule has 0 amide bonds. The Labute approximate surface area is 160 Å². The van der Waals surface area contributed by atoms with Crippen LogP contribution in [0, 0.1) is 0 Å². The molecule has 0 aromatic carbocycles. The highest BCUT2D eigenvalue weighted by Crippen LogP contribution is 2.15. The maximum atomic E-state index is 5.43. The second kappa shape index (κ2) is 10.5. The molecule has 1 aliphatic rings. The maximum absolute atomic E-state index is 5.43. The molecule has 0 radical (unpaired) electrons. The molecule has 0 aliphatic carbocycles. The van der Waals surface area contributed by atoms with E-state index < -0.39 is 0 Å². The van der Waals surface area contributed by atoms with Gasteiger partial charge in [0.05, 0.1) is 13.2 Å². The molecule has 5 nitrogen and oxygen atoms in total. The molecule has 0 spiro atoms. The third-order valence-corrected chi connectivity index (χ3v) is 4.96. The van der Waals surface area contributed by atoms with Crippen LogP contribution in [0.5, 0.6) is 0 Å². The Hall–Kier alpha value is -0.380. The van der Waals surface area contributed by atoms with E-state index in [2.05, 4.69) is 51.9 Å². The number of hydrogen-bond donors (Lipinski definition) is 2. The van der Waals surface area contributed by atoms with E-state index in [0.29, 0.717) is 0 Å². The Bertz CT molecular complexity index is 459. The van der Waals surface area contributed by atoms with E-state index in [1.807, 2.05) is 7.05 Å². The number of ether oxygens (including phenoxy) is 1. The summed E-state index contributed by atoms with van der Waals surface area (Å²) in [5.41, 5.74) is 0.0924. The topological polar surface area (TPSA) is 48.9 Å². The highest BCUT2D eigenvalue weighted by atomic mass is 127. The summed E-state index contributed by atoms with van der Waals surface area (Å²) in [5, 5.41) is 8.95. The Morgan fingerprint density at radius 3 is 2.70 bits per heavy atom. The molecule has 7 heteroatoms. The lowest BCUT2D eigenvalue weighted by Crippen LogP contribution is -2.56. The second-order valence-corrected chi connectivity index (χ2v) is 7.13. The van der Waals surface area contributed by atoms with Crippen molar-refractivity contribution in [1.82, 2.24) is 15.5 Å². The van der Waals surface area contributed by atoms with Crippen molar-refractivity contribution in [3.63, 3.8) is 0 Å². The molecule has 0 saturated carbocycles. The molecule has 2 heterocycles. The number of halogens is 1. The molecule has 0 atom stereocenters. The fourth-order valence-corrected chi connectivity index (χ4v) is 3.27. The van der Waals surface area contributed by atoms with Crippen LogP contribution in [0.4, 0.5) is 0 Å². The summed E-state index contributed by atoms with van der Waals surface area (Å²) in [6, 6.07) is 4.27. The predicted molar refractivity (Wildman–Crippen MR) is 109 cm³/mol. The molecule has 23 heavy (non-hydrogen) atoms. The Morgan fingerprint density at radius 1 is 1.35 bits per heavy atom. The Kier molecular flexibility index (Phi) is 9.41.